The Kier molecular flexibility index (Phi) is 5.51. The van der Waals surface area contributed by atoms with Gasteiger partial charge in [0.15, 0.2) is 0 Å². The van der Waals surface area contributed by atoms with E-state index in [2.05, 4.69) is 5.32 Å². The first kappa shape index (κ1) is 19.0. The van der Waals surface area contributed by atoms with Gasteiger partial charge in [-0.05, 0) is 60.5 Å². The van der Waals surface area contributed by atoms with Crippen LogP contribution in [0.2, 0.25) is 0 Å². The van der Waals surface area contributed by atoms with E-state index in [1.54, 1.807) is 25.1 Å². The van der Waals surface area contributed by atoms with Gasteiger partial charge in [-0.2, -0.15) is 0 Å². The molecule has 3 amide bonds. The van der Waals surface area contributed by atoms with Crippen LogP contribution in [-0.2, 0) is 16.0 Å². The molecule has 1 saturated heterocycles. The topological polar surface area (TPSA) is 86.7 Å². The van der Waals surface area contributed by atoms with Gasteiger partial charge in [-0.15, -0.1) is 0 Å². The highest BCUT2D eigenvalue weighted by atomic mass is 32.2. The van der Waals surface area contributed by atoms with E-state index >= 15 is 0 Å². The van der Waals surface area contributed by atoms with E-state index in [1.165, 1.54) is 17.0 Å². The van der Waals surface area contributed by atoms with Crippen LogP contribution in [0.1, 0.15) is 24.5 Å². The highest BCUT2D eigenvalue weighted by Crippen LogP contribution is 2.35. The van der Waals surface area contributed by atoms with E-state index in [0.29, 0.717) is 23.4 Å². The zero-order valence-electron chi connectivity index (χ0n) is 15.1. The summed E-state index contributed by atoms with van der Waals surface area (Å²) in [4.78, 5) is 38.7. The number of nitrogens with zero attached hydrogens (tertiary/aromatic N) is 1. The lowest BCUT2D eigenvalue weighted by molar-refractivity contribution is -0.121. The Morgan fingerprint density at radius 3 is 2.67 bits per heavy atom. The Morgan fingerprint density at radius 1 is 1.22 bits per heavy atom. The molecule has 7 heteroatoms. The third-order valence-corrected chi connectivity index (χ3v) is 5.43. The van der Waals surface area contributed by atoms with Crippen LogP contribution in [0.3, 0.4) is 0 Å². The van der Waals surface area contributed by atoms with Gasteiger partial charge < -0.3 is 10.4 Å². The number of benzene rings is 2. The predicted octanol–water partition coefficient (Wildman–Crippen LogP) is 3.86. The number of anilines is 2. The maximum atomic E-state index is 12.8. The molecular formula is C20H20N2O4S. The highest BCUT2D eigenvalue weighted by molar-refractivity contribution is 8.15. The molecule has 0 aromatic heterocycles. The molecule has 0 spiro atoms. The van der Waals surface area contributed by atoms with Gasteiger partial charge in [0, 0.05) is 12.1 Å². The van der Waals surface area contributed by atoms with Crippen LogP contribution in [0.25, 0.3) is 0 Å². The minimum Gasteiger partial charge on any atom is -0.508 e. The summed E-state index contributed by atoms with van der Waals surface area (Å²) in [6.45, 7) is 3.72. The number of aryl methyl sites for hydroxylation is 2. The standard InChI is InChI=1S/C20H20N2O4S/c1-3-13-6-4-5-7-16(13)22-19(25)17(27-20(22)26)11-18(24)21-15-9-8-14(23)10-12(15)2/h4-10,17,23H,3,11H2,1-2H3,(H,21,24). The number of carbonyl (C=O) groups excluding carboxylic acids is 3. The predicted molar refractivity (Wildman–Crippen MR) is 106 cm³/mol. The minimum absolute atomic E-state index is 0.0969. The fourth-order valence-electron chi connectivity index (χ4n) is 2.99. The van der Waals surface area contributed by atoms with Gasteiger partial charge in [0.1, 0.15) is 11.0 Å². The third-order valence-electron chi connectivity index (χ3n) is 4.39. The first-order chi connectivity index (χ1) is 12.9. The van der Waals surface area contributed by atoms with Crippen molar-refractivity contribution in [3.63, 3.8) is 0 Å². The minimum atomic E-state index is -0.750. The van der Waals surface area contributed by atoms with Crippen LogP contribution in [-0.4, -0.2) is 27.4 Å². The molecule has 1 unspecified atom stereocenters. The molecule has 2 N–H and O–H groups in total. The van der Waals surface area contributed by atoms with Crippen LogP contribution in [0.5, 0.6) is 5.75 Å². The molecule has 3 rings (SSSR count). The van der Waals surface area contributed by atoms with E-state index in [4.69, 9.17) is 0 Å². The molecule has 2 aromatic carbocycles. The maximum absolute atomic E-state index is 12.8. The summed E-state index contributed by atoms with van der Waals surface area (Å²) >= 11 is 0.878. The van der Waals surface area contributed by atoms with Crippen LogP contribution < -0.4 is 10.2 Å². The van der Waals surface area contributed by atoms with E-state index in [9.17, 15) is 19.5 Å². The molecule has 6 nitrogen and oxygen atoms in total. The van der Waals surface area contributed by atoms with Crippen molar-refractivity contribution in [2.45, 2.75) is 31.9 Å². The summed E-state index contributed by atoms with van der Waals surface area (Å²) in [6, 6.07) is 11.9. The van der Waals surface area contributed by atoms with Gasteiger partial charge in [0.05, 0.1) is 5.69 Å². The van der Waals surface area contributed by atoms with E-state index < -0.39 is 5.25 Å². The molecule has 0 radical (unpaired) electrons. The maximum Gasteiger partial charge on any atom is 0.293 e. The molecule has 2 aromatic rings. The van der Waals surface area contributed by atoms with Crippen LogP contribution >= 0.6 is 11.8 Å². The number of nitrogens with one attached hydrogen (secondary N) is 1. The second-order valence-electron chi connectivity index (χ2n) is 6.28. The van der Waals surface area contributed by atoms with Crippen molar-refractivity contribution in [2.75, 3.05) is 10.2 Å². The van der Waals surface area contributed by atoms with Crippen LogP contribution in [0.4, 0.5) is 16.2 Å². The van der Waals surface area contributed by atoms with E-state index in [-0.39, 0.29) is 29.2 Å². The number of phenolic OH excluding ortho intramolecular Hbond substituents is 1. The largest absolute Gasteiger partial charge is 0.508 e. The first-order valence-corrected chi connectivity index (χ1v) is 9.50. The molecule has 140 valence electrons. The molecular weight excluding hydrogens is 364 g/mol. The van der Waals surface area contributed by atoms with Gasteiger partial charge in [0.25, 0.3) is 5.24 Å². The normalized spacial score (nSPS) is 16.7. The molecule has 1 fully saturated rings. The average molecular weight is 384 g/mol. The van der Waals surface area contributed by atoms with Crippen molar-refractivity contribution >= 4 is 40.2 Å². The monoisotopic (exact) mass is 384 g/mol. The molecule has 1 aliphatic rings. The Balaban J connectivity index is 1.72. The lowest BCUT2D eigenvalue weighted by Gasteiger charge is -2.17. The van der Waals surface area contributed by atoms with Gasteiger partial charge in [-0.3, -0.25) is 14.4 Å². The molecule has 0 aliphatic carbocycles. The SMILES string of the molecule is CCc1ccccc1N1C(=O)SC(CC(=O)Nc2ccc(O)cc2C)C1=O. The van der Waals surface area contributed by atoms with Crippen LogP contribution in [0.15, 0.2) is 42.5 Å². The number of thioether (sulfide) groups is 1. The van der Waals surface area contributed by atoms with Gasteiger partial charge in [-0.1, -0.05) is 25.1 Å². The van der Waals surface area contributed by atoms with Crippen molar-refractivity contribution in [1.29, 1.82) is 0 Å². The summed E-state index contributed by atoms with van der Waals surface area (Å²) in [5.74, 6) is -0.612. The summed E-state index contributed by atoms with van der Waals surface area (Å²) in [7, 11) is 0. The summed E-state index contributed by atoms with van der Waals surface area (Å²) in [5, 5.41) is 11.1. The number of para-hydroxylation sites is 1. The summed E-state index contributed by atoms with van der Waals surface area (Å²) < 4.78 is 0. The van der Waals surface area contributed by atoms with Crippen molar-refractivity contribution < 1.29 is 19.5 Å². The smallest absolute Gasteiger partial charge is 0.293 e. The number of aromatic hydroxyl groups is 1. The summed E-state index contributed by atoms with van der Waals surface area (Å²) in [5.41, 5.74) is 2.76. The lowest BCUT2D eigenvalue weighted by Crippen LogP contribution is -2.33. The van der Waals surface area contributed by atoms with Crippen molar-refractivity contribution in [1.82, 2.24) is 0 Å². The number of imide groups is 1. The molecule has 0 bridgehead atoms. The average Bonchev–Trinajstić information content (AvgIpc) is 2.90. The molecule has 1 atom stereocenters. The Morgan fingerprint density at radius 2 is 1.96 bits per heavy atom. The first-order valence-electron chi connectivity index (χ1n) is 8.62. The second-order valence-corrected chi connectivity index (χ2v) is 7.43. The third kappa shape index (κ3) is 3.98. The number of carbonyl (C=O) groups is 3. The Hall–Kier alpha value is -2.80. The Labute approximate surface area is 161 Å². The van der Waals surface area contributed by atoms with Crippen molar-refractivity contribution in [3.05, 3.63) is 53.6 Å². The van der Waals surface area contributed by atoms with Gasteiger partial charge >= 0.3 is 0 Å². The molecule has 1 aliphatic heterocycles. The lowest BCUT2D eigenvalue weighted by atomic mass is 10.1. The van der Waals surface area contributed by atoms with Crippen molar-refractivity contribution in [2.24, 2.45) is 0 Å². The Bertz CT molecular complexity index is 913. The van der Waals surface area contributed by atoms with E-state index in [1.807, 2.05) is 19.1 Å². The number of rotatable bonds is 5. The fraction of sp³-hybridized carbons (Fsp3) is 0.250. The summed E-state index contributed by atoms with van der Waals surface area (Å²) in [6.07, 6.45) is 0.601. The van der Waals surface area contributed by atoms with Crippen molar-refractivity contribution in [3.8, 4) is 5.75 Å². The highest BCUT2D eigenvalue weighted by Gasteiger charge is 2.42. The zero-order valence-corrected chi connectivity index (χ0v) is 15.9. The number of hydrogen-bond donors (Lipinski definition) is 2. The number of phenols is 1. The molecule has 0 saturated carbocycles. The van der Waals surface area contributed by atoms with E-state index in [0.717, 1.165) is 17.3 Å². The second kappa shape index (κ2) is 7.84. The fourth-order valence-corrected chi connectivity index (χ4v) is 3.97. The van der Waals surface area contributed by atoms with Gasteiger partial charge in [0.2, 0.25) is 11.8 Å². The van der Waals surface area contributed by atoms with Crippen LogP contribution in [0, 0.1) is 6.92 Å². The zero-order chi connectivity index (χ0) is 19.6. The number of amides is 3. The van der Waals surface area contributed by atoms with Gasteiger partial charge in [-0.25, -0.2) is 4.90 Å². The quantitative estimate of drug-likeness (QED) is 0.765. The molecule has 1 heterocycles. The number of hydrogen-bond acceptors (Lipinski definition) is 5. The molecule has 27 heavy (non-hydrogen) atoms.